The van der Waals surface area contributed by atoms with Gasteiger partial charge in [0.05, 0.1) is 0 Å². The van der Waals surface area contributed by atoms with Gasteiger partial charge in [0.15, 0.2) is 0 Å². The Hall–Kier alpha value is -1.04. The molecule has 0 heteroatoms. The second-order valence-electron chi connectivity index (χ2n) is 8.16. The van der Waals surface area contributed by atoms with E-state index in [1.54, 1.807) is 0 Å². The summed E-state index contributed by atoms with van der Waals surface area (Å²) in [5.41, 5.74) is 6.26. The number of rotatable bonds is 6. The average molecular weight is 303 g/mol. The molecule has 0 radical (unpaired) electrons. The maximum absolute atomic E-state index is 4.43. The van der Waals surface area contributed by atoms with Gasteiger partial charge in [0, 0.05) is 5.41 Å². The summed E-state index contributed by atoms with van der Waals surface area (Å²) in [4.78, 5) is 0. The van der Waals surface area contributed by atoms with E-state index >= 15 is 0 Å². The van der Waals surface area contributed by atoms with Crippen molar-refractivity contribution >= 4 is 0 Å². The molecule has 0 saturated carbocycles. The number of hydrogen-bond acceptors (Lipinski definition) is 0. The fourth-order valence-corrected chi connectivity index (χ4v) is 4.84. The topological polar surface area (TPSA) is 0 Å². The normalized spacial score (nSPS) is 13.9. The van der Waals surface area contributed by atoms with Crippen molar-refractivity contribution in [1.29, 1.82) is 0 Å². The molecule has 0 aliphatic carbocycles. The largest absolute Gasteiger partial charge is 0.0992 e. The van der Waals surface area contributed by atoms with Crippen molar-refractivity contribution in [3.8, 4) is 0 Å². The summed E-state index contributed by atoms with van der Waals surface area (Å²) in [7, 11) is 0. The van der Waals surface area contributed by atoms with E-state index in [-0.39, 0.29) is 16.2 Å². The van der Waals surface area contributed by atoms with Crippen LogP contribution < -0.4 is 0 Å². The van der Waals surface area contributed by atoms with Crippen LogP contribution in [0.3, 0.4) is 0 Å². The SMILES string of the molecule is C=C(C)C(C(=C)C)(C(C)(C)C(C)=CC)C(C)(C)C(C)=C(C)C. The van der Waals surface area contributed by atoms with E-state index in [1.165, 1.54) is 27.9 Å². The van der Waals surface area contributed by atoms with Crippen molar-refractivity contribution in [2.75, 3.05) is 0 Å². The highest BCUT2D eigenvalue weighted by Crippen LogP contribution is 2.64. The van der Waals surface area contributed by atoms with Gasteiger partial charge in [-0.05, 0) is 59.3 Å². The Balaban J connectivity index is 7.00. The quantitative estimate of drug-likeness (QED) is 0.445. The summed E-state index contributed by atoms with van der Waals surface area (Å²) >= 11 is 0. The zero-order chi connectivity index (χ0) is 18.1. The van der Waals surface area contributed by atoms with E-state index < -0.39 is 0 Å². The van der Waals surface area contributed by atoms with Gasteiger partial charge in [-0.25, -0.2) is 0 Å². The molecule has 0 atom stereocenters. The van der Waals surface area contributed by atoms with Crippen LogP contribution in [0, 0.1) is 16.2 Å². The molecule has 0 aliphatic heterocycles. The smallest absolute Gasteiger partial charge is 0.0286 e. The first-order valence-corrected chi connectivity index (χ1v) is 8.32. The van der Waals surface area contributed by atoms with Gasteiger partial charge in [0.2, 0.25) is 0 Å². The van der Waals surface area contributed by atoms with Gasteiger partial charge < -0.3 is 0 Å². The summed E-state index contributed by atoms with van der Waals surface area (Å²) in [5, 5.41) is 0. The fraction of sp³-hybridized carbons (Fsp3) is 0.636. The summed E-state index contributed by atoms with van der Waals surface area (Å²) in [6.07, 6.45) is 2.23. The molecular formula is C22H38. The van der Waals surface area contributed by atoms with E-state index in [9.17, 15) is 0 Å². The summed E-state index contributed by atoms with van der Waals surface area (Å²) in [5.74, 6) is 0. The lowest BCUT2D eigenvalue weighted by Gasteiger charge is -2.59. The minimum absolute atomic E-state index is 0.0559. The van der Waals surface area contributed by atoms with Crippen LogP contribution in [0.4, 0.5) is 0 Å². The third-order valence-corrected chi connectivity index (χ3v) is 6.26. The number of allylic oxidation sites excluding steroid dienone is 6. The maximum atomic E-state index is 4.43. The van der Waals surface area contributed by atoms with E-state index in [1.807, 2.05) is 0 Å². The molecule has 0 amide bonds. The van der Waals surface area contributed by atoms with Crippen molar-refractivity contribution < 1.29 is 0 Å². The standard InChI is InChI=1S/C22H38/c1-14-18(8)20(10,11)22(16(4)5,17(6)7)21(12,13)19(9)15(2)3/h14H,4,6H2,1-3,5,7-13H3. The van der Waals surface area contributed by atoms with Gasteiger partial charge in [-0.15, -0.1) is 0 Å². The summed E-state index contributed by atoms with van der Waals surface area (Å²) < 4.78 is 0. The van der Waals surface area contributed by atoms with Crippen LogP contribution in [0.2, 0.25) is 0 Å². The minimum atomic E-state index is -0.196. The zero-order valence-electron chi connectivity index (χ0n) is 17.0. The molecule has 0 heterocycles. The van der Waals surface area contributed by atoms with E-state index in [2.05, 4.69) is 95.4 Å². The summed E-state index contributed by atoms with van der Waals surface area (Å²) in [6, 6.07) is 0. The highest BCUT2D eigenvalue weighted by molar-refractivity contribution is 5.41. The minimum Gasteiger partial charge on any atom is -0.0992 e. The Morgan fingerprint density at radius 3 is 1.32 bits per heavy atom. The molecule has 0 unspecified atom stereocenters. The highest BCUT2D eigenvalue weighted by Gasteiger charge is 2.57. The maximum Gasteiger partial charge on any atom is 0.0286 e. The molecule has 0 spiro atoms. The van der Waals surface area contributed by atoms with Crippen molar-refractivity contribution in [1.82, 2.24) is 0 Å². The predicted molar refractivity (Wildman–Crippen MR) is 103 cm³/mol. The van der Waals surface area contributed by atoms with Gasteiger partial charge in [-0.2, -0.15) is 0 Å². The molecular weight excluding hydrogens is 264 g/mol. The zero-order valence-corrected chi connectivity index (χ0v) is 17.0. The molecule has 0 aromatic carbocycles. The molecule has 0 N–H and O–H groups in total. The molecule has 0 aliphatic rings. The number of hydrogen-bond donors (Lipinski definition) is 0. The average Bonchev–Trinajstić information content (AvgIpc) is 2.35. The molecule has 22 heavy (non-hydrogen) atoms. The monoisotopic (exact) mass is 302 g/mol. The molecule has 0 aromatic heterocycles. The lowest BCUT2D eigenvalue weighted by Crippen LogP contribution is -2.51. The Labute approximate surface area is 140 Å². The molecule has 0 aromatic rings. The van der Waals surface area contributed by atoms with E-state index in [4.69, 9.17) is 0 Å². The lowest BCUT2D eigenvalue weighted by atomic mass is 9.44. The molecule has 0 nitrogen and oxygen atoms in total. The molecule has 126 valence electrons. The Morgan fingerprint density at radius 2 is 1.09 bits per heavy atom. The second kappa shape index (κ2) is 6.60. The first kappa shape index (κ1) is 21.0. The van der Waals surface area contributed by atoms with Crippen molar-refractivity contribution in [3.05, 3.63) is 47.1 Å². The van der Waals surface area contributed by atoms with Crippen LogP contribution in [0.25, 0.3) is 0 Å². The molecule has 0 saturated heterocycles. The summed E-state index contributed by atoms with van der Waals surface area (Å²) in [6.45, 7) is 33.6. The lowest BCUT2D eigenvalue weighted by molar-refractivity contribution is 0.0688. The van der Waals surface area contributed by atoms with Crippen LogP contribution in [-0.2, 0) is 0 Å². The van der Waals surface area contributed by atoms with Gasteiger partial charge in [-0.3, -0.25) is 0 Å². The van der Waals surface area contributed by atoms with E-state index in [0.29, 0.717) is 0 Å². The van der Waals surface area contributed by atoms with Crippen molar-refractivity contribution in [3.63, 3.8) is 0 Å². The molecule has 0 rings (SSSR count). The van der Waals surface area contributed by atoms with Gasteiger partial charge >= 0.3 is 0 Å². The highest BCUT2D eigenvalue weighted by atomic mass is 14.6. The molecule has 0 bridgehead atoms. The first-order chi connectivity index (χ1) is 9.72. The first-order valence-electron chi connectivity index (χ1n) is 8.32. The van der Waals surface area contributed by atoms with Crippen LogP contribution in [0.1, 0.15) is 76.2 Å². The third kappa shape index (κ3) is 2.77. The Kier molecular flexibility index (Phi) is 6.29. The molecule has 0 fully saturated rings. The van der Waals surface area contributed by atoms with Gasteiger partial charge in [0.1, 0.15) is 0 Å². The van der Waals surface area contributed by atoms with Crippen LogP contribution in [0.15, 0.2) is 47.1 Å². The van der Waals surface area contributed by atoms with Crippen LogP contribution in [0.5, 0.6) is 0 Å². The van der Waals surface area contributed by atoms with Crippen LogP contribution >= 0.6 is 0 Å². The fourth-order valence-electron chi connectivity index (χ4n) is 4.84. The van der Waals surface area contributed by atoms with Crippen LogP contribution in [-0.4, -0.2) is 0 Å². The Morgan fingerprint density at radius 1 is 0.727 bits per heavy atom. The van der Waals surface area contributed by atoms with Gasteiger partial charge in [0.25, 0.3) is 0 Å². The van der Waals surface area contributed by atoms with Gasteiger partial charge in [-0.1, -0.05) is 74.8 Å². The predicted octanol–water partition coefficient (Wildman–Crippen LogP) is 7.50. The Bertz CT molecular complexity index is 500. The second-order valence-corrected chi connectivity index (χ2v) is 8.16. The van der Waals surface area contributed by atoms with Crippen molar-refractivity contribution in [2.45, 2.75) is 76.2 Å². The van der Waals surface area contributed by atoms with E-state index in [0.717, 1.165) is 0 Å². The van der Waals surface area contributed by atoms with Crippen molar-refractivity contribution in [2.24, 2.45) is 16.2 Å². The third-order valence-electron chi connectivity index (χ3n) is 6.26.